The molecule has 0 unspecified atom stereocenters. The van der Waals surface area contributed by atoms with Crippen LogP contribution in [0.5, 0.6) is 0 Å². The molecule has 0 aromatic heterocycles. The first-order chi connectivity index (χ1) is 10.9. The summed E-state index contributed by atoms with van der Waals surface area (Å²) in [6.07, 6.45) is 0. The number of hydrogen-bond acceptors (Lipinski definition) is 3. The number of aryl methyl sites for hydroxylation is 2. The van der Waals surface area contributed by atoms with Gasteiger partial charge in [-0.2, -0.15) is 0 Å². The lowest BCUT2D eigenvalue weighted by molar-refractivity contribution is -0.119. The van der Waals surface area contributed by atoms with Gasteiger partial charge < -0.3 is 10.1 Å². The van der Waals surface area contributed by atoms with Crippen molar-refractivity contribution in [2.75, 3.05) is 11.9 Å². The first-order valence-corrected chi connectivity index (χ1v) is 7.65. The quantitative estimate of drug-likeness (QED) is 0.816. The van der Waals surface area contributed by atoms with Crippen molar-refractivity contribution in [1.29, 1.82) is 0 Å². The number of amides is 1. The second kappa shape index (κ2) is 7.37. The maximum atomic E-state index is 13.0. The average Bonchev–Trinajstić information content (AvgIpc) is 2.48. The van der Waals surface area contributed by atoms with E-state index in [9.17, 15) is 14.0 Å². The zero-order chi connectivity index (χ0) is 17.0. The third-order valence-electron chi connectivity index (χ3n) is 3.28. The van der Waals surface area contributed by atoms with Gasteiger partial charge in [0.05, 0.1) is 5.56 Å². The third-order valence-corrected chi connectivity index (χ3v) is 3.93. The smallest absolute Gasteiger partial charge is 0.339 e. The van der Waals surface area contributed by atoms with Gasteiger partial charge in [0.15, 0.2) is 6.61 Å². The fourth-order valence-electron chi connectivity index (χ4n) is 1.88. The van der Waals surface area contributed by atoms with E-state index in [1.165, 1.54) is 6.07 Å². The van der Waals surface area contributed by atoms with E-state index in [0.29, 0.717) is 5.69 Å². The van der Waals surface area contributed by atoms with Gasteiger partial charge >= 0.3 is 5.97 Å². The van der Waals surface area contributed by atoms with E-state index in [4.69, 9.17) is 4.74 Å². The van der Waals surface area contributed by atoms with Crippen LogP contribution < -0.4 is 5.32 Å². The molecule has 1 N–H and O–H groups in total. The molecule has 4 nitrogen and oxygen atoms in total. The van der Waals surface area contributed by atoms with E-state index in [2.05, 4.69) is 21.2 Å². The van der Waals surface area contributed by atoms with Gasteiger partial charge in [0.1, 0.15) is 5.82 Å². The van der Waals surface area contributed by atoms with Gasteiger partial charge in [0.2, 0.25) is 0 Å². The summed E-state index contributed by atoms with van der Waals surface area (Å²) in [5.74, 6) is -1.62. The van der Waals surface area contributed by atoms with Crippen LogP contribution in [0.15, 0.2) is 40.9 Å². The first kappa shape index (κ1) is 17.1. The number of ether oxygens (including phenoxy) is 1. The van der Waals surface area contributed by atoms with Gasteiger partial charge in [-0.15, -0.1) is 0 Å². The largest absolute Gasteiger partial charge is 0.452 e. The van der Waals surface area contributed by atoms with Crippen molar-refractivity contribution in [3.05, 3.63) is 63.4 Å². The van der Waals surface area contributed by atoms with Gasteiger partial charge in [0, 0.05) is 10.2 Å². The Morgan fingerprint density at radius 1 is 1.13 bits per heavy atom. The van der Waals surface area contributed by atoms with Crippen LogP contribution in [-0.4, -0.2) is 18.5 Å². The lowest BCUT2D eigenvalue weighted by Gasteiger charge is -2.09. The van der Waals surface area contributed by atoms with Gasteiger partial charge in [-0.05, 0) is 71.2 Å². The highest BCUT2D eigenvalue weighted by molar-refractivity contribution is 9.10. The van der Waals surface area contributed by atoms with Gasteiger partial charge in [-0.25, -0.2) is 9.18 Å². The molecule has 23 heavy (non-hydrogen) atoms. The van der Waals surface area contributed by atoms with Gasteiger partial charge in [-0.3, -0.25) is 4.79 Å². The number of carbonyl (C=O) groups is 2. The average molecular weight is 380 g/mol. The number of hydrogen-bond donors (Lipinski definition) is 1. The lowest BCUT2D eigenvalue weighted by atomic mass is 10.1. The number of rotatable bonds is 4. The zero-order valence-electron chi connectivity index (χ0n) is 12.7. The highest BCUT2D eigenvalue weighted by Crippen LogP contribution is 2.19. The van der Waals surface area contributed by atoms with E-state index in [0.717, 1.165) is 23.3 Å². The predicted octanol–water partition coefficient (Wildman–Crippen LogP) is 4.00. The molecule has 0 aliphatic heterocycles. The molecule has 1 amide bonds. The van der Waals surface area contributed by atoms with Gasteiger partial charge in [-0.1, -0.05) is 6.07 Å². The Labute approximate surface area is 141 Å². The van der Waals surface area contributed by atoms with Crippen LogP contribution in [0.1, 0.15) is 21.5 Å². The van der Waals surface area contributed by atoms with Crippen LogP contribution in [0.4, 0.5) is 10.1 Å². The van der Waals surface area contributed by atoms with E-state index < -0.39 is 24.3 Å². The Bertz CT molecular complexity index is 761. The molecule has 0 heterocycles. The number of nitrogens with one attached hydrogen (secondary N) is 1. The summed E-state index contributed by atoms with van der Waals surface area (Å²) in [6.45, 7) is 3.50. The van der Waals surface area contributed by atoms with Gasteiger partial charge in [0.25, 0.3) is 5.91 Å². The first-order valence-electron chi connectivity index (χ1n) is 6.86. The molecule has 2 rings (SSSR count). The van der Waals surface area contributed by atoms with Crippen molar-refractivity contribution in [2.45, 2.75) is 13.8 Å². The van der Waals surface area contributed by atoms with Crippen molar-refractivity contribution in [2.24, 2.45) is 0 Å². The van der Waals surface area contributed by atoms with Crippen LogP contribution in [-0.2, 0) is 9.53 Å². The second-order valence-corrected chi connectivity index (χ2v) is 5.90. The normalized spacial score (nSPS) is 10.3. The Balaban J connectivity index is 1.93. The Morgan fingerprint density at radius 3 is 2.52 bits per heavy atom. The third kappa shape index (κ3) is 4.63. The Kier molecular flexibility index (Phi) is 5.50. The topological polar surface area (TPSA) is 55.4 Å². The molecule has 0 aliphatic rings. The number of carbonyl (C=O) groups excluding carboxylic acids is 2. The predicted molar refractivity (Wildman–Crippen MR) is 88.9 cm³/mol. The molecule has 2 aromatic carbocycles. The molecule has 0 spiro atoms. The van der Waals surface area contributed by atoms with Crippen molar-refractivity contribution in [3.63, 3.8) is 0 Å². The van der Waals surface area contributed by atoms with Crippen LogP contribution in [0.2, 0.25) is 0 Å². The van der Waals surface area contributed by atoms with Crippen LogP contribution in [0.3, 0.4) is 0 Å². The summed E-state index contributed by atoms with van der Waals surface area (Å²) in [5.41, 5.74) is 2.97. The molecule has 120 valence electrons. The minimum atomic E-state index is -0.702. The molecule has 0 atom stereocenters. The molecule has 0 radical (unpaired) electrons. The number of benzene rings is 2. The van der Waals surface area contributed by atoms with Crippen LogP contribution >= 0.6 is 15.9 Å². The monoisotopic (exact) mass is 379 g/mol. The summed E-state index contributed by atoms with van der Waals surface area (Å²) >= 11 is 3.08. The minimum Gasteiger partial charge on any atom is -0.452 e. The summed E-state index contributed by atoms with van der Waals surface area (Å²) in [6, 6.07) is 9.11. The fraction of sp³-hybridized carbons (Fsp3) is 0.176. The van der Waals surface area contributed by atoms with E-state index in [1.807, 2.05) is 26.0 Å². The highest BCUT2D eigenvalue weighted by atomic mass is 79.9. The maximum absolute atomic E-state index is 13.0. The summed E-state index contributed by atoms with van der Waals surface area (Å²) < 4.78 is 18.2. The van der Waals surface area contributed by atoms with Crippen molar-refractivity contribution in [3.8, 4) is 0 Å². The molecular formula is C17H15BrFNO3. The van der Waals surface area contributed by atoms with Crippen molar-refractivity contribution in [1.82, 2.24) is 0 Å². The fourth-order valence-corrected chi connectivity index (χ4v) is 2.39. The molecule has 0 aliphatic carbocycles. The Morgan fingerprint density at radius 2 is 1.87 bits per heavy atom. The molecular weight excluding hydrogens is 365 g/mol. The van der Waals surface area contributed by atoms with Crippen LogP contribution in [0, 0.1) is 19.7 Å². The number of esters is 1. The van der Waals surface area contributed by atoms with E-state index >= 15 is 0 Å². The standard InChI is InChI=1S/C17H15BrFNO3/c1-10-3-5-13(7-11(10)2)20-16(21)9-23-17(22)14-6-4-12(19)8-15(14)18/h3-8H,9H2,1-2H3,(H,20,21). The summed E-state index contributed by atoms with van der Waals surface area (Å²) in [5, 5.41) is 2.65. The SMILES string of the molecule is Cc1ccc(NC(=O)COC(=O)c2ccc(F)cc2Br)cc1C. The molecule has 2 aromatic rings. The van der Waals surface area contributed by atoms with E-state index in [-0.39, 0.29) is 10.0 Å². The maximum Gasteiger partial charge on any atom is 0.339 e. The second-order valence-electron chi connectivity index (χ2n) is 5.05. The molecule has 0 saturated heterocycles. The van der Waals surface area contributed by atoms with Crippen molar-refractivity contribution >= 4 is 33.5 Å². The van der Waals surface area contributed by atoms with Crippen LogP contribution in [0.25, 0.3) is 0 Å². The van der Waals surface area contributed by atoms with E-state index in [1.54, 1.807) is 6.07 Å². The number of halogens is 2. The molecule has 6 heteroatoms. The van der Waals surface area contributed by atoms with Crippen molar-refractivity contribution < 1.29 is 18.7 Å². The minimum absolute atomic E-state index is 0.158. The zero-order valence-corrected chi connectivity index (χ0v) is 14.2. The molecule has 0 fully saturated rings. The number of anilines is 1. The highest BCUT2D eigenvalue weighted by Gasteiger charge is 2.14. The molecule has 0 bridgehead atoms. The summed E-state index contributed by atoms with van der Waals surface area (Å²) in [7, 11) is 0. The summed E-state index contributed by atoms with van der Waals surface area (Å²) in [4.78, 5) is 23.7. The molecule has 0 saturated carbocycles. The lowest BCUT2D eigenvalue weighted by Crippen LogP contribution is -2.21. The Hall–Kier alpha value is -2.21.